The summed E-state index contributed by atoms with van der Waals surface area (Å²) in [5.74, 6) is -5.70. The lowest BCUT2D eigenvalue weighted by atomic mass is 10.2. The van der Waals surface area contributed by atoms with Crippen molar-refractivity contribution in [2.24, 2.45) is 0 Å². The first kappa shape index (κ1) is 17.4. The van der Waals surface area contributed by atoms with E-state index in [4.69, 9.17) is 11.6 Å². The number of pyridine rings is 1. The maximum absolute atomic E-state index is 13.1. The van der Waals surface area contributed by atoms with E-state index in [9.17, 15) is 35.1 Å². The molecule has 0 atom stereocenters. The Morgan fingerprint density at radius 3 is 2.04 bits per heavy atom. The van der Waals surface area contributed by atoms with Crippen LogP contribution in [-0.2, 0) is 12.1 Å². The minimum Gasteiger partial charge on any atom is -0.289 e. The maximum atomic E-state index is 13.1. The van der Waals surface area contributed by atoms with E-state index in [-0.39, 0.29) is 6.20 Å². The van der Waals surface area contributed by atoms with Crippen LogP contribution in [0.1, 0.15) is 11.3 Å². The lowest BCUT2D eigenvalue weighted by Crippen LogP contribution is -2.34. The molecule has 0 aliphatic heterocycles. The summed E-state index contributed by atoms with van der Waals surface area (Å²) in [5.41, 5.74) is -2.84. The molecule has 0 spiro atoms. The molecule has 0 saturated heterocycles. The van der Waals surface area contributed by atoms with Gasteiger partial charge in [-0.05, 0) is 6.07 Å². The van der Waals surface area contributed by atoms with Crippen molar-refractivity contribution in [3.63, 3.8) is 0 Å². The largest absolute Gasteiger partial charge is 0.459 e. The molecule has 2 aromatic heterocycles. The van der Waals surface area contributed by atoms with Gasteiger partial charge in [0, 0.05) is 12.4 Å². The number of hydrogen-bond acceptors (Lipinski definition) is 2. The molecular weight excluding hydrogens is 362 g/mol. The molecule has 0 fully saturated rings. The molecule has 0 saturated carbocycles. The Bertz CT molecular complexity index is 719. The van der Waals surface area contributed by atoms with Crippen molar-refractivity contribution in [2.45, 2.75) is 18.3 Å². The van der Waals surface area contributed by atoms with Gasteiger partial charge in [0.25, 0.3) is 0 Å². The molecule has 126 valence electrons. The molecule has 0 radical (unpaired) electrons. The maximum Gasteiger partial charge on any atom is 0.459 e. The summed E-state index contributed by atoms with van der Waals surface area (Å²) in [6.45, 7) is 0. The fraction of sp³-hybridized carbons (Fsp3) is 0.273. The van der Waals surface area contributed by atoms with Crippen LogP contribution in [0.5, 0.6) is 0 Å². The average molecular weight is 366 g/mol. The topological polar surface area (TPSA) is 30.7 Å². The van der Waals surface area contributed by atoms with E-state index >= 15 is 0 Å². The van der Waals surface area contributed by atoms with Crippen LogP contribution in [-0.4, -0.2) is 20.7 Å². The van der Waals surface area contributed by atoms with Crippen molar-refractivity contribution >= 4 is 11.6 Å². The van der Waals surface area contributed by atoms with Crippen molar-refractivity contribution in [1.29, 1.82) is 0 Å². The van der Waals surface area contributed by atoms with Crippen LogP contribution in [0, 0.1) is 0 Å². The van der Waals surface area contributed by atoms with Crippen LogP contribution in [0.4, 0.5) is 35.1 Å². The molecule has 0 aliphatic carbocycles. The molecule has 2 rings (SSSR count). The van der Waals surface area contributed by atoms with Crippen molar-refractivity contribution in [1.82, 2.24) is 14.5 Å². The molecule has 0 aliphatic rings. The Balaban J connectivity index is 2.42. The van der Waals surface area contributed by atoms with E-state index in [2.05, 4.69) is 9.97 Å². The van der Waals surface area contributed by atoms with E-state index in [0.29, 0.717) is 23.2 Å². The monoisotopic (exact) mass is 365 g/mol. The first-order chi connectivity index (χ1) is 10.3. The lowest BCUT2D eigenvalue weighted by molar-refractivity contribution is -0.290. The number of aromatic nitrogens is 3. The normalized spacial score (nSPS) is 13.4. The van der Waals surface area contributed by atoms with Gasteiger partial charge < -0.3 is 0 Å². The second-order valence-electron chi connectivity index (χ2n) is 4.27. The highest BCUT2D eigenvalue weighted by Crippen LogP contribution is 2.43. The van der Waals surface area contributed by atoms with E-state index in [1.165, 1.54) is 0 Å². The second kappa shape index (κ2) is 5.32. The molecule has 0 bridgehead atoms. The molecule has 0 N–H and O–H groups in total. The fourth-order valence-electron chi connectivity index (χ4n) is 1.52. The minimum absolute atomic E-state index is 0.287. The third-order valence-corrected chi connectivity index (χ3v) is 2.93. The smallest absolute Gasteiger partial charge is 0.289 e. The van der Waals surface area contributed by atoms with Gasteiger partial charge in [-0.25, -0.2) is 9.97 Å². The third-order valence-electron chi connectivity index (χ3n) is 2.65. The summed E-state index contributed by atoms with van der Waals surface area (Å²) in [7, 11) is 0. The summed E-state index contributed by atoms with van der Waals surface area (Å²) in [6, 6.07) is 0.464. The average Bonchev–Trinajstić information content (AvgIpc) is 2.86. The van der Waals surface area contributed by atoms with Crippen LogP contribution < -0.4 is 0 Å². The van der Waals surface area contributed by atoms with E-state index < -0.39 is 40.4 Å². The van der Waals surface area contributed by atoms with Gasteiger partial charge in [-0.1, -0.05) is 11.6 Å². The zero-order chi connectivity index (χ0) is 17.6. The highest BCUT2D eigenvalue weighted by atomic mass is 35.5. The zero-order valence-electron chi connectivity index (χ0n) is 10.6. The predicted octanol–water partition coefficient (Wildman–Crippen LogP) is 4.59. The molecule has 0 unspecified atom stereocenters. The van der Waals surface area contributed by atoms with Gasteiger partial charge in [-0.15, -0.1) is 0 Å². The summed E-state index contributed by atoms with van der Waals surface area (Å²) in [4.78, 5) is 6.23. The zero-order valence-corrected chi connectivity index (χ0v) is 11.3. The van der Waals surface area contributed by atoms with Crippen LogP contribution in [0.15, 0.2) is 24.8 Å². The van der Waals surface area contributed by atoms with E-state index in [0.717, 1.165) is 0 Å². The lowest BCUT2D eigenvalue weighted by Gasteiger charge is -2.16. The molecular formula is C11H4ClF8N3. The number of hydrogen-bond donors (Lipinski definition) is 0. The quantitative estimate of drug-likeness (QED) is 0.729. The minimum atomic E-state index is -5.87. The van der Waals surface area contributed by atoms with Crippen LogP contribution >= 0.6 is 11.6 Å². The molecule has 0 aromatic carbocycles. The van der Waals surface area contributed by atoms with Gasteiger partial charge in [-0.2, -0.15) is 35.1 Å². The Hall–Kier alpha value is -1.91. The summed E-state index contributed by atoms with van der Waals surface area (Å²) < 4.78 is 101. The van der Waals surface area contributed by atoms with E-state index in [1.54, 1.807) is 0 Å². The van der Waals surface area contributed by atoms with Gasteiger partial charge in [0.2, 0.25) is 0 Å². The van der Waals surface area contributed by atoms with Crippen molar-refractivity contribution in [3.8, 4) is 5.82 Å². The number of rotatable bonds is 2. The summed E-state index contributed by atoms with van der Waals surface area (Å²) >= 11 is 5.56. The fourth-order valence-corrected chi connectivity index (χ4v) is 1.79. The first-order valence-corrected chi connectivity index (χ1v) is 5.94. The highest BCUT2D eigenvalue weighted by molar-refractivity contribution is 6.32. The van der Waals surface area contributed by atoms with Crippen molar-refractivity contribution in [2.75, 3.05) is 0 Å². The number of halogens is 9. The molecule has 23 heavy (non-hydrogen) atoms. The van der Waals surface area contributed by atoms with Gasteiger partial charge >= 0.3 is 18.3 Å². The number of alkyl halides is 8. The Kier molecular flexibility index (Phi) is 4.04. The molecule has 3 nitrogen and oxygen atoms in total. The number of imidazole rings is 1. The van der Waals surface area contributed by atoms with Crippen LogP contribution in [0.3, 0.4) is 0 Å². The summed E-state index contributed by atoms with van der Waals surface area (Å²) in [6.07, 6.45) is -9.42. The van der Waals surface area contributed by atoms with Crippen molar-refractivity contribution < 1.29 is 35.1 Å². The van der Waals surface area contributed by atoms with Gasteiger partial charge in [0.1, 0.15) is 12.0 Å². The van der Waals surface area contributed by atoms with Gasteiger partial charge in [-0.3, -0.25) is 4.57 Å². The predicted molar refractivity (Wildman–Crippen MR) is 61.3 cm³/mol. The molecule has 2 heterocycles. The Morgan fingerprint density at radius 2 is 1.57 bits per heavy atom. The molecule has 0 amide bonds. The van der Waals surface area contributed by atoms with Crippen LogP contribution in [0.2, 0.25) is 5.02 Å². The van der Waals surface area contributed by atoms with Crippen molar-refractivity contribution in [3.05, 3.63) is 41.1 Å². The summed E-state index contributed by atoms with van der Waals surface area (Å²) in [5, 5.41) is -0.598. The standard InChI is InChI=1S/C11H4ClF8N3/c12-6-1-5(10(15,16)17)2-21-8(6)23-3-7(22-4-23)9(13,14)11(18,19)20/h1-4H. The van der Waals surface area contributed by atoms with Crippen LogP contribution in [0.25, 0.3) is 5.82 Å². The van der Waals surface area contributed by atoms with Gasteiger partial charge in [0.15, 0.2) is 5.82 Å². The SMILES string of the molecule is FC(F)(F)c1cnc(-n2cnc(C(F)(F)C(F)(F)F)c2)c(Cl)c1. The molecule has 12 heteroatoms. The Morgan fingerprint density at radius 1 is 0.957 bits per heavy atom. The van der Waals surface area contributed by atoms with E-state index in [1.807, 2.05) is 0 Å². The third kappa shape index (κ3) is 3.23. The Labute approximate surface area is 127 Å². The van der Waals surface area contributed by atoms with Gasteiger partial charge in [0.05, 0.1) is 10.6 Å². The molecule has 2 aromatic rings. The number of nitrogens with zero attached hydrogens (tertiary/aromatic N) is 3. The highest BCUT2D eigenvalue weighted by Gasteiger charge is 2.60. The first-order valence-electron chi connectivity index (χ1n) is 5.56. The second-order valence-corrected chi connectivity index (χ2v) is 4.67.